The van der Waals surface area contributed by atoms with Crippen molar-refractivity contribution in [3.05, 3.63) is 0 Å². The van der Waals surface area contributed by atoms with Gasteiger partial charge in [0.2, 0.25) is 0 Å². The second kappa shape index (κ2) is 13.6. The fourth-order valence-electron chi connectivity index (χ4n) is 0. The molecule has 0 spiro atoms. The normalized spacial score (nSPS) is 7.23. The summed E-state index contributed by atoms with van der Waals surface area (Å²) in [4.78, 5) is 8.56. The molecule has 0 aromatic rings. The van der Waals surface area contributed by atoms with Crippen LogP contribution in [-0.4, -0.2) is 34.6 Å². The summed E-state index contributed by atoms with van der Waals surface area (Å²) in [5.74, 6) is 0. The standard InChI is InChI=1S/CH2O3.3H3N.H2O5S/c2-1(3)4;;;;1-5-6(2,3)4/h(H2,2,3,4);3*1H3;1H,(H,2,3,4). The first-order valence-corrected chi connectivity index (χ1v) is 2.88. The van der Waals surface area contributed by atoms with E-state index in [9.17, 15) is 0 Å². The first kappa shape index (κ1) is 29.6. The first-order chi connectivity index (χ1) is 4.29. The Hall–Kier alpha value is -1.02. The number of rotatable bonds is 1. The smallest absolute Gasteiger partial charge is 0.450 e. The minimum absolute atomic E-state index is 0. The van der Waals surface area contributed by atoms with Gasteiger partial charge in [-0.25, -0.2) is 10.1 Å². The largest absolute Gasteiger partial charge is 0.503 e. The van der Waals surface area contributed by atoms with Crippen LogP contribution in [0.1, 0.15) is 0 Å². The maximum Gasteiger partial charge on any atom is 0.503 e. The molecule has 0 fully saturated rings. The zero-order chi connectivity index (χ0) is 8.78. The molecule has 86 valence electrons. The summed E-state index contributed by atoms with van der Waals surface area (Å²) < 4.78 is 28.0. The van der Waals surface area contributed by atoms with Gasteiger partial charge in [0.05, 0.1) is 0 Å². The van der Waals surface area contributed by atoms with E-state index < -0.39 is 16.6 Å². The van der Waals surface area contributed by atoms with E-state index in [-0.39, 0.29) is 18.5 Å². The lowest BCUT2D eigenvalue weighted by molar-refractivity contribution is -0.139. The van der Waals surface area contributed by atoms with Gasteiger partial charge in [0.1, 0.15) is 0 Å². The molecule has 0 heterocycles. The Labute approximate surface area is 73.6 Å². The maximum atomic E-state index is 9.08. The van der Waals surface area contributed by atoms with Crippen molar-refractivity contribution in [1.82, 2.24) is 18.5 Å². The average Bonchev–Trinajstić information content (AvgIpc) is 1.63. The lowest BCUT2D eigenvalue weighted by Crippen LogP contribution is -1.97. The molecule has 0 aliphatic carbocycles. The molecule has 0 unspecified atom stereocenters. The average molecular weight is 227 g/mol. The van der Waals surface area contributed by atoms with E-state index in [4.69, 9.17) is 33.2 Å². The summed E-state index contributed by atoms with van der Waals surface area (Å²) in [5, 5.41) is 21.0. The van der Waals surface area contributed by atoms with Crippen molar-refractivity contribution in [2.75, 3.05) is 0 Å². The molecule has 0 aromatic heterocycles. The third-order valence-electron chi connectivity index (χ3n) is 0.0942. The highest BCUT2D eigenvalue weighted by Gasteiger charge is 1.97. The molecule has 0 radical (unpaired) electrons. The van der Waals surface area contributed by atoms with Crippen LogP contribution < -0.4 is 18.5 Å². The number of hydrogen-bond donors (Lipinski definition) is 7. The predicted octanol–water partition coefficient (Wildman–Crippen LogP) is -0.0128. The van der Waals surface area contributed by atoms with Gasteiger partial charge in [-0.3, -0.25) is 4.55 Å². The van der Waals surface area contributed by atoms with Gasteiger partial charge in [-0.1, -0.05) is 4.33 Å². The lowest BCUT2D eigenvalue weighted by atomic mass is 11.5. The quantitative estimate of drug-likeness (QED) is 0.178. The van der Waals surface area contributed by atoms with Crippen LogP contribution in [-0.2, 0) is 14.7 Å². The van der Waals surface area contributed by atoms with Gasteiger partial charge in [0.25, 0.3) is 0 Å². The summed E-state index contributed by atoms with van der Waals surface area (Å²) in [7, 11) is -4.61. The Bertz CT molecular complexity index is 182. The molecule has 0 amide bonds. The molecule has 0 saturated carbocycles. The van der Waals surface area contributed by atoms with Crippen LogP contribution >= 0.6 is 0 Å². The van der Waals surface area contributed by atoms with Crippen LogP contribution in [0.15, 0.2) is 0 Å². The van der Waals surface area contributed by atoms with Crippen molar-refractivity contribution in [2.45, 2.75) is 0 Å². The Morgan fingerprint density at radius 1 is 1.08 bits per heavy atom. The van der Waals surface area contributed by atoms with Crippen molar-refractivity contribution >= 4 is 16.6 Å². The Balaban J connectivity index is -0.0000000279. The van der Waals surface area contributed by atoms with Crippen LogP contribution in [0.5, 0.6) is 0 Å². The van der Waals surface area contributed by atoms with Crippen molar-refractivity contribution in [2.24, 2.45) is 0 Å². The summed E-state index contributed by atoms with van der Waals surface area (Å²) in [6, 6.07) is 0. The van der Waals surface area contributed by atoms with E-state index in [2.05, 4.69) is 4.33 Å². The zero-order valence-electron chi connectivity index (χ0n) is 6.45. The van der Waals surface area contributed by atoms with Gasteiger partial charge in [-0.2, -0.15) is 8.42 Å². The fourth-order valence-corrected chi connectivity index (χ4v) is 0. The van der Waals surface area contributed by atoms with E-state index in [0.29, 0.717) is 0 Å². The van der Waals surface area contributed by atoms with Crippen LogP contribution in [0.2, 0.25) is 0 Å². The minimum atomic E-state index is -4.61. The summed E-state index contributed by atoms with van der Waals surface area (Å²) in [5.41, 5.74) is 0. The molecule has 0 rings (SSSR count). The van der Waals surface area contributed by atoms with E-state index in [1.54, 1.807) is 0 Å². The lowest BCUT2D eigenvalue weighted by Gasteiger charge is -1.79. The van der Waals surface area contributed by atoms with Gasteiger partial charge in [0, 0.05) is 0 Å². The molecule has 0 aliphatic rings. The van der Waals surface area contributed by atoms with E-state index in [1.165, 1.54) is 0 Å². The van der Waals surface area contributed by atoms with Gasteiger partial charge in [0.15, 0.2) is 0 Å². The number of carbonyl (C=O) groups is 1. The van der Waals surface area contributed by atoms with Crippen LogP contribution in [0.25, 0.3) is 0 Å². The van der Waals surface area contributed by atoms with Crippen molar-refractivity contribution in [3.63, 3.8) is 0 Å². The summed E-state index contributed by atoms with van der Waals surface area (Å²) in [6.07, 6.45) is -1.83. The maximum absolute atomic E-state index is 9.08. The van der Waals surface area contributed by atoms with Crippen LogP contribution in [0, 0.1) is 0 Å². The fraction of sp³-hybridized carbons (Fsp3) is 0. The molecule has 11 nitrogen and oxygen atoms in total. The zero-order valence-corrected chi connectivity index (χ0v) is 7.27. The molecule has 0 atom stereocenters. The molecule has 13 N–H and O–H groups in total. The second-order valence-electron chi connectivity index (χ2n) is 0.785. The third-order valence-corrected chi connectivity index (χ3v) is 0.283. The van der Waals surface area contributed by atoms with E-state index >= 15 is 0 Å². The van der Waals surface area contributed by atoms with Gasteiger partial charge < -0.3 is 28.7 Å². The number of carboxylic acid groups (broad SMARTS) is 2. The molecule has 0 saturated heterocycles. The monoisotopic (exact) mass is 227 g/mol. The highest BCUT2D eigenvalue weighted by atomic mass is 32.3. The first-order valence-electron chi connectivity index (χ1n) is 1.52. The summed E-state index contributed by atoms with van der Waals surface area (Å²) in [6.45, 7) is 0. The molecule has 0 bridgehead atoms. The molecule has 0 aromatic carbocycles. The van der Waals surface area contributed by atoms with E-state index in [1.807, 2.05) is 0 Å². The SMILES string of the molecule is N.N.N.O=C(O)O.O=S(=O)(O)OO. The minimum Gasteiger partial charge on any atom is -0.450 e. The Morgan fingerprint density at radius 2 is 1.15 bits per heavy atom. The number of hydrogen-bond acceptors (Lipinski definition) is 8. The molecule has 13 heavy (non-hydrogen) atoms. The van der Waals surface area contributed by atoms with Crippen LogP contribution in [0.4, 0.5) is 4.79 Å². The van der Waals surface area contributed by atoms with Crippen molar-refractivity contribution in [1.29, 1.82) is 0 Å². The molecule has 0 aliphatic heterocycles. The molecular formula is CH13N3O8S. The van der Waals surface area contributed by atoms with E-state index in [0.717, 1.165) is 0 Å². The molecular weight excluding hydrogens is 214 g/mol. The van der Waals surface area contributed by atoms with Crippen molar-refractivity contribution < 1.29 is 37.6 Å². The van der Waals surface area contributed by atoms with Gasteiger partial charge in [-0.05, 0) is 0 Å². The predicted molar refractivity (Wildman–Crippen MR) is 41.0 cm³/mol. The second-order valence-corrected chi connectivity index (χ2v) is 1.79. The van der Waals surface area contributed by atoms with Crippen LogP contribution in [0.3, 0.4) is 0 Å². The highest BCUT2D eigenvalue weighted by molar-refractivity contribution is 7.80. The summed E-state index contributed by atoms with van der Waals surface area (Å²) >= 11 is 0. The molecule has 12 heteroatoms. The van der Waals surface area contributed by atoms with Gasteiger partial charge in [-0.15, -0.1) is 0 Å². The topological polar surface area (TPSA) is 246 Å². The van der Waals surface area contributed by atoms with Crippen molar-refractivity contribution in [3.8, 4) is 0 Å². The highest BCUT2D eigenvalue weighted by Crippen LogP contribution is 1.74. The third kappa shape index (κ3) is 226. The Kier molecular flexibility index (Phi) is 30.9. The van der Waals surface area contributed by atoms with Gasteiger partial charge >= 0.3 is 16.6 Å². The Morgan fingerprint density at radius 3 is 1.15 bits per heavy atom.